The molecule has 0 aliphatic carbocycles. The number of methoxy groups -OCH3 is 2. The van der Waals surface area contributed by atoms with Crippen LogP contribution in [0.4, 0.5) is 5.69 Å². The molecule has 1 heterocycles. The average Bonchev–Trinajstić information content (AvgIpc) is 3.35. The Kier molecular flexibility index (Phi) is 8.46. The van der Waals surface area contributed by atoms with Crippen LogP contribution in [0, 0.1) is 18.3 Å². The number of aromatic nitrogens is 1. The topological polar surface area (TPSA) is 102 Å². The number of halogens is 1. The van der Waals surface area contributed by atoms with E-state index in [2.05, 4.69) is 4.98 Å². The summed E-state index contributed by atoms with van der Waals surface area (Å²) in [6.07, 6.45) is 0.127. The molecular weight excluding hydrogens is 478 g/mol. The third-order valence-corrected chi connectivity index (χ3v) is 6.19. The summed E-state index contributed by atoms with van der Waals surface area (Å²) in [5.41, 5.74) is 2.20. The molecule has 0 atom stereocenters. The molecule has 0 N–H and O–H groups in total. The van der Waals surface area contributed by atoms with Crippen LogP contribution in [-0.2, 0) is 9.53 Å². The van der Waals surface area contributed by atoms with E-state index in [9.17, 15) is 9.59 Å². The number of nitrogens with zero attached hydrogens (tertiary/aromatic N) is 3. The number of benzene rings is 2. The number of amides is 1. The molecule has 176 valence electrons. The number of carbonyl (C=O) groups is 2. The van der Waals surface area contributed by atoms with Gasteiger partial charge in [-0.05, 0) is 48.9 Å². The summed E-state index contributed by atoms with van der Waals surface area (Å²) in [5.74, 6) is -0.0536. The number of hydrogen-bond donors (Lipinski definition) is 0. The summed E-state index contributed by atoms with van der Waals surface area (Å²) >= 11 is 7.34. The van der Waals surface area contributed by atoms with E-state index < -0.39 is 18.5 Å². The zero-order chi connectivity index (χ0) is 24.7. The van der Waals surface area contributed by atoms with Crippen molar-refractivity contribution >= 4 is 40.5 Å². The summed E-state index contributed by atoms with van der Waals surface area (Å²) in [7, 11) is 3.08. The molecule has 10 heteroatoms. The van der Waals surface area contributed by atoms with Crippen LogP contribution in [0.15, 0.2) is 41.8 Å². The summed E-state index contributed by atoms with van der Waals surface area (Å²) in [5, 5.41) is 11.7. The van der Waals surface area contributed by atoms with Crippen LogP contribution in [0.2, 0.25) is 5.02 Å². The van der Waals surface area contributed by atoms with Crippen molar-refractivity contribution in [2.75, 3.05) is 32.3 Å². The van der Waals surface area contributed by atoms with Gasteiger partial charge in [0.1, 0.15) is 5.01 Å². The standard InChI is InChI=1S/C24H22ClN3O5S/c1-15-11-17(6-7-18(15)25)28(10-4-9-26)22(29)13-33-24(30)19-14-34-23(27-19)16-5-8-20(31-2)21(12-16)32-3/h5-8,11-12,14H,4,10,13H2,1-3H3. The number of anilines is 1. The molecule has 34 heavy (non-hydrogen) atoms. The van der Waals surface area contributed by atoms with Gasteiger partial charge >= 0.3 is 5.97 Å². The first kappa shape index (κ1) is 25.0. The van der Waals surface area contributed by atoms with Crippen LogP contribution in [0.3, 0.4) is 0 Å². The van der Waals surface area contributed by atoms with Crippen LogP contribution in [0.25, 0.3) is 10.6 Å². The molecule has 0 bridgehead atoms. The minimum atomic E-state index is -0.719. The van der Waals surface area contributed by atoms with Gasteiger partial charge in [0, 0.05) is 28.2 Å². The van der Waals surface area contributed by atoms with Crippen molar-refractivity contribution in [1.29, 1.82) is 5.26 Å². The van der Waals surface area contributed by atoms with Crippen LogP contribution < -0.4 is 14.4 Å². The third-order valence-electron chi connectivity index (χ3n) is 4.87. The van der Waals surface area contributed by atoms with Gasteiger partial charge in [0.15, 0.2) is 23.8 Å². The number of esters is 1. The smallest absolute Gasteiger partial charge is 0.358 e. The second kappa shape index (κ2) is 11.5. The van der Waals surface area contributed by atoms with Crippen LogP contribution in [-0.4, -0.2) is 44.2 Å². The quantitative estimate of drug-likeness (QED) is 0.386. The molecule has 0 saturated carbocycles. The van der Waals surface area contributed by atoms with Gasteiger partial charge in [-0.25, -0.2) is 9.78 Å². The molecule has 0 fully saturated rings. The summed E-state index contributed by atoms with van der Waals surface area (Å²) < 4.78 is 15.8. The van der Waals surface area contributed by atoms with Gasteiger partial charge < -0.3 is 19.1 Å². The monoisotopic (exact) mass is 499 g/mol. The van der Waals surface area contributed by atoms with Crippen molar-refractivity contribution in [3.05, 3.63) is 58.1 Å². The Morgan fingerprint density at radius 2 is 1.91 bits per heavy atom. The van der Waals surface area contributed by atoms with Gasteiger partial charge in [-0.3, -0.25) is 4.79 Å². The van der Waals surface area contributed by atoms with Crippen molar-refractivity contribution in [3.8, 4) is 28.1 Å². The van der Waals surface area contributed by atoms with E-state index in [1.54, 1.807) is 48.9 Å². The zero-order valence-corrected chi connectivity index (χ0v) is 20.4. The van der Waals surface area contributed by atoms with Crippen LogP contribution >= 0.6 is 22.9 Å². The molecule has 0 spiro atoms. The second-order valence-electron chi connectivity index (χ2n) is 7.07. The maximum Gasteiger partial charge on any atom is 0.358 e. The zero-order valence-electron chi connectivity index (χ0n) is 18.8. The Bertz CT molecular complexity index is 1240. The SMILES string of the molecule is COc1ccc(-c2nc(C(=O)OCC(=O)N(CCC#N)c3ccc(Cl)c(C)c3)cs2)cc1OC. The minimum absolute atomic E-state index is 0.0912. The minimum Gasteiger partial charge on any atom is -0.493 e. The van der Waals surface area contributed by atoms with Crippen molar-refractivity contribution in [3.63, 3.8) is 0 Å². The summed E-state index contributed by atoms with van der Waals surface area (Å²) in [6.45, 7) is 1.49. The Balaban J connectivity index is 1.69. The number of nitriles is 1. The molecule has 0 aliphatic rings. The Morgan fingerprint density at radius 3 is 2.59 bits per heavy atom. The predicted molar refractivity (Wildman–Crippen MR) is 130 cm³/mol. The first-order valence-corrected chi connectivity index (χ1v) is 11.4. The lowest BCUT2D eigenvalue weighted by Crippen LogP contribution is -2.35. The van der Waals surface area contributed by atoms with Crippen molar-refractivity contribution < 1.29 is 23.8 Å². The molecule has 2 aromatic carbocycles. The maximum atomic E-state index is 12.8. The summed E-state index contributed by atoms with van der Waals surface area (Å²) in [4.78, 5) is 31.1. The Labute approximate surface area is 206 Å². The van der Waals surface area contributed by atoms with Gasteiger partial charge in [0.05, 0.1) is 26.7 Å². The first-order valence-electron chi connectivity index (χ1n) is 10.2. The number of hydrogen-bond acceptors (Lipinski definition) is 8. The van der Waals surface area contributed by atoms with Gasteiger partial charge in [0.25, 0.3) is 5.91 Å². The van der Waals surface area contributed by atoms with E-state index in [1.165, 1.54) is 23.3 Å². The summed E-state index contributed by atoms with van der Waals surface area (Å²) in [6, 6.07) is 12.4. The number of rotatable bonds is 9. The number of thiazole rings is 1. The second-order valence-corrected chi connectivity index (χ2v) is 8.34. The van der Waals surface area contributed by atoms with E-state index in [0.29, 0.717) is 27.2 Å². The fourth-order valence-electron chi connectivity index (χ4n) is 3.10. The van der Waals surface area contributed by atoms with E-state index >= 15 is 0 Å². The van der Waals surface area contributed by atoms with E-state index in [-0.39, 0.29) is 18.7 Å². The lowest BCUT2D eigenvalue weighted by atomic mass is 10.2. The molecule has 1 amide bonds. The number of carbonyl (C=O) groups excluding carboxylic acids is 2. The third kappa shape index (κ3) is 5.84. The van der Waals surface area contributed by atoms with Crippen LogP contribution in [0.5, 0.6) is 11.5 Å². The molecule has 8 nitrogen and oxygen atoms in total. The molecular formula is C24H22ClN3O5S. The molecule has 3 aromatic rings. The van der Waals surface area contributed by atoms with Gasteiger partial charge in [-0.1, -0.05) is 11.6 Å². The van der Waals surface area contributed by atoms with Gasteiger partial charge in [-0.2, -0.15) is 5.26 Å². The molecule has 0 unspecified atom stereocenters. The normalized spacial score (nSPS) is 10.3. The average molecular weight is 500 g/mol. The van der Waals surface area contributed by atoms with Crippen molar-refractivity contribution in [2.45, 2.75) is 13.3 Å². The highest BCUT2D eigenvalue weighted by atomic mass is 35.5. The van der Waals surface area contributed by atoms with Crippen molar-refractivity contribution in [1.82, 2.24) is 4.98 Å². The molecule has 1 aromatic heterocycles. The lowest BCUT2D eigenvalue weighted by Gasteiger charge is -2.22. The Hall–Kier alpha value is -3.61. The highest BCUT2D eigenvalue weighted by Crippen LogP contribution is 2.33. The predicted octanol–water partition coefficient (Wildman–Crippen LogP) is 4.89. The molecule has 0 saturated heterocycles. The van der Waals surface area contributed by atoms with E-state index in [0.717, 1.165) is 11.1 Å². The fraction of sp³-hybridized carbons (Fsp3) is 0.250. The first-order chi connectivity index (χ1) is 16.4. The van der Waals surface area contributed by atoms with Crippen molar-refractivity contribution in [2.24, 2.45) is 0 Å². The van der Waals surface area contributed by atoms with Gasteiger partial charge in [-0.15, -0.1) is 11.3 Å². The van der Waals surface area contributed by atoms with Gasteiger partial charge in [0.2, 0.25) is 0 Å². The fourth-order valence-corrected chi connectivity index (χ4v) is 4.01. The largest absolute Gasteiger partial charge is 0.493 e. The van der Waals surface area contributed by atoms with E-state index in [4.69, 9.17) is 31.1 Å². The highest BCUT2D eigenvalue weighted by Gasteiger charge is 2.20. The molecule has 0 radical (unpaired) electrons. The maximum absolute atomic E-state index is 12.8. The number of aryl methyl sites for hydroxylation is 1. The lowest BCUT2D eigenvalue weighted by molar-refractivity contribution is -0.121. The number of ether oxygens (including phenoxy) is 3. The van der Waals surface area contributed by atoms with Crippen LogP contribution in [0.1, 0.15) is 22.5 Å². The highest BCUT2D eigenvalue weighted by molar-refractivity contribution is 7.13. The molecule has 3 rings (SSSR count). The molecule has 0 aliphatic heterocycles. The van der Waals surface area contributed by atoms with E-state index in [1.807, 2.05) is 13.0 Å². The Morgan fingerprint density at radius 1 is 1.15 bits per heavy atom.